The summed E-state index contributed by atoms with van der Waals surface area (Å²) in [5.41, 5.74) is 6.47. The van der Waals surface area contributed by atoms with Crippen LogP contribution in [-0.4, -0.2) is 30.5 Å². The first-order valence-electron chi connectivity index (χ1n) is 7.58. The SMILES string of the molecule is CC(C)CNCc1cccnc1N(CC(N)=O)CC(C)C. The number of nitrogens with zero attached hydrogens (tertiary/aromatic N) is 2. The molecule has 5 heteroatoms. The van der Waals surface area contributed by atoms with Crippen LogP contribution in [0.2, 0.25) is 0 Å². The van der Waals surface area contributed by atoms with Crippen LogP contribution in [0.3, 0.4) is 0 Å². The molecule has 0 aliphatic carbocycles. The number of amides is 1. The lowest BCUT2D eigenvalue weighted by molar-refractivity contribution is -0.116. The highest BCUT2D eigenvalue weighted by Gasteiger charge is 2.15. The number of rotatable bonds is 9. The number of aromatic nitrogens is 1. The van der Waals surface area contributed by atoms with Gasteiger partial charge in [0.1, 0.15) is 5.82 Å². The molecule has 0 aromatic carbocycles. The minimum absolute atomic E-state index is 0.201. The molecule has 1 amide bonds. The largest absolute Gasteiger partial charge is 0.368 e. The summed E-state index contributed by atoms with van der Waals surface area (Å²) in [6.45, 7) is 11.2. The molecule has 0 fully saturated rings. The van der Waals surface area contributed by atoms with Crippen LogP contribution in [0.1, 0.15) is 33.3 Å². The molecule has 0 aliphatic heterocycles. The van der Waals surface area contributed by atoms with Crippen molar-refractivity contribution in [1.82, 2.24) is 10.3 Å². The van der Waals surface area contributed by atoms with Gasteiger partial charge >= 0.3 is 0 Å². The monoisotopic (exact) mass is 292 g/mol. The summed E-state index contributed by atoms with van der Waals surface area (Å²) in [5, 5.41) is 3.42. The highest BCUT2D eigenvalue weighted by Crippen LogP contribution is 2.18. The minimum atomic E-state index is -0.331. The van der Waals surface area contributed by atoms with Crippen molar-refractivity contribution in [2.24, 2.45) is 17.6 Å². The van der Waals surface area contributed by atoms with E-state index >= 15 is 0 Å². The molecule has 1 aromatic rings. The Kier molecular flexibility index (Phi) is 7.15. The average molecular weight is 292 g/mol. The molecule has 0 unspecified atom stereocenters. The maximum atomic E-state index is 11.3. The summed E-state index contributed by atoms with van der Waals surface area (Å²) in [5.74, 6) is 1.55. The van der Waals surface area contributed by atoms with Crippen molar-refractivity contribution in [3.05, 3.63) is 23.9 Å². The van der Waals surface area contributed by atoms with Gasteiger partial charge in [0.2, 0.25) is 5.91 Å². The van der Waals surface area contributed by atoms with Gasteiger partial charge in [-0.05, 0) is 24.4 Å². The fraction of sp³-hybridized carbons (Fsp3) is 0.625. The number of hydrogen-bond acceptors (Lipinski definition) is 4. The van der Waals surface area contributed by atoms with Crippen molar-refractivity contribution in [3.8, 4) is 0 Å². The highest BCUT2D eigenvalue weighted by atomic mass is 16.1. The average Bonchev–Trinajstić information content (AvgIpc) is 2.37. The van der Waals surface area contributed by atoms with E-state index in [2.05, 4.69) is 38.0 Å². The lowest BCUT2D eigenvalue weighted by Crippen LogP contribution is -2.37. The Morgan fingerprint density at radius 3 is 2.62 bits per heavy atom. The first-order chi connectivity index (χ1) is 9.90. The number of anilines is 1. The van der Waals surface area contributed by atoms with Gasteiger partial charge in [-0.2, -0.15) is 0 Å². The van der Waals surface area contributed by atoms with Crippen molar-refractivity contribution >= 4 is 11.7 Å². The van der Waals surface area contributed by atoms with E-state index in [9.17, 15) is 4.79 Å². The lowest BCUT2D eigenvalue weighted by atomic mass is 10.1. The van der Waals surface area contributed by atoms with Crippen molar-refractivity contribution in [1.29, 1.82) is 0 Å². The second-order valence-electron chi connectivity index (χ2n) is 6.25. The first kappa shape index (κ1) is 17.4. The van der Waals surface area contributed by atoms with Crippen LogP contribution < -0.4 is 16.0 Å². The van der Waals surface area contributed by atoms with Gasteiger partial charge in [0.15, 0.2) is 0 Å². The van der Waals surface area contributed by atoms with Gasteiger partial charge in [-0.25, -0.2) is 4.98 Å². The zero-order valence-electron chi connectivity index (χ0n) is 13.6. The minimum Gasteiger partial charge on any atom is -0.368 e. The molecule has 1 rings (SSSR count). The summed E-state index contributed by atoms with van der Waals surface area (Å²) in [4.78, 5) is 17.7. The Labute approximate surface area is 127 Å². The predicted octanol–water partition coefficient (Wildman–Crippen LogP) is 1.77. The third-order valence-electron chi connectivity index (χ3n) is 2.97. The Hall–Kier alpha value is -1.62. The van der Waals surface area contributed by atoms with Crippen molar-refractivity contribution in [2.45, 2.75) is 34.2 Å². The first-order valence-corrected chi connectivity index (χ1v) is 7.58. The van der Waals surface area contributed by atoms with Crippen molar-refractivity contribution < 1.29 is 4.79 Å². The number of nitrogens with one attached hydrogen (secondary N) is 1. The Balaban J connectivity index is 2.87. The van der Waals surface area contributed by atoms with Crippen molar-refractivity contribution in [2.75, 3.05) is 24.5 Å². The van der Waals surface area contributed by atoms with Crippen molar-refractivity contribution in [3.63, 3.8) is 0 Å². The molecule has 0 bridgehead atoms. The fourth-order valence-electron chi connectivity index (χ4n) is 2.20. The van der Waals surface area contributed by atoms with E-state index in [4.69, 9.17) is 5.73 Å². The highest BCUT2D eigenvalue weighted by molar-refractivity contribution is 5.79. The molecule has 0 radical (unpaired) electrons. The Morgan fingerprint density at radius 2 is 2.05 bits per heavy atom. The molecule has 0 atom stereocenters. The van der Waals surface area contributed by atoms with E-state index in [1.54, 1.807) is 6.20 Å². The normalized spacial score (nSPS) is 11.1. The summed E-state index contributed by atoms with van der Waals surface area (Å²) in [6.07, 6.45) is 1.76. The number of pyridine rings is 1. The van der Waals surface area contributed by atoms with E-state index < -0.39 is 0 Å². The number of primary amides is 1. The van der Waals surface area contributed by atoms with Gasteiger partial charge in [-0.1, -0.05) is 33.8 Å². The maximum absolute atomic E-state index is 11.3. The summed E-state index contributed by atoms with van der Waals surface area (Å²) in [6, 6.07) is 3.97. The zero-order chi connectivity index (χ0) is 15.8. The third-order valence-corrected chi connectivity index (χ3v) is 2.97. The van der Waals surface area contributed by atoms with Gasteiger partial charge < -0.3 is 16.0 Å². The van der Waals surface area contributed by atoms with Crippen LogP contribution in [0.4, 0.5) is 5.82 Å². The fourth-order valence-corrected chi connectivity index (χ4v) is 2.20. The molecule has 5 nitrogen and oxygen atoms in total. The molecule has 3 N–H and O–H groups in total. The van der Waals surface area contributed by atoms with E-state index in [0.717, 1.165) is 31.0 Å². The van der Waals surface area contributed by atoms with Crippen LogP contribution in [0, 0.1) is 11.8 Å². The molecule has 21 heavy (non-hydrogen) atoms. The second-order valence-corrected chi connectivity index (χ2v) is 6.25. The van der Waals surface area contributed by atoms with E-state index in [1.165, 1.54) is 0 Å². The van der Waals surface area contributed by atoms with Crippen LogP contribution in [0.5, 0.6) is 0 Å². The van der Waals surface area contributed by atoms with E-state index in [-0.39, 0.29) is 12.5 Å². The molecule has 0 saturated heterocycles. The predicted molar refractivity (Wildman–Crippen MR) is 87.0 cm³/mol. The van der Waals surface area contributed by atoms with Gasteiger partial charge in [-0.3, -0.25) is 4.79 Å². The van der Waals surface area contributed by atoms with Crippen LogP contribution in [0.15, 0.2) is 18.3 Å². The van der Waals surface area contributed by atoms with E-state index in [0.29, 0.717) is 11.8 Å². The number of carbonyl (C=O) groups is 1. The summed E-state index contributed by atoms with van der Waals surface area (Å²) < 4.78 is 0. The molecular weight excluding hydrogens is 264 g/mol. The quantitative estimate of drug-likeness (QED) is 0.728. The number of carbonyl (C=O) groups excluding carboxylic acids is 1. The Morgan fingerprint density at radius 1 is 1.33 bits per heavy atom. The standard InChI is InChI=1S/C16H28N4O/c1-12(2)8-18-9-14-6-5-7-19-16(14)20(10-13(3)4)11-15(17)21/h5-7,12-13,18H,8-11H2,1-4H3,(H2,17,21). The van der Waals surface area contributed by atoms with Gasteiger partial charge in [-0.15, -0.1) is 0 Å². The van der Waals surface area contributed by atoms with Gasteiger partial charge in [0, 0.05) is 24.8 Å². The van der Waals surface area contributed by atoms with Crippen LogP contribution >= 0.6 is 0 Å². The molecule has 0 spiro atoms. The van der Waals surface area contributed by atoms with Crippen LogP contribution in [-0.2, 0) is 11.3 Å². The topological polar surface area (TPSA) is 71.2 Å². The molecule has 0 aliphatic rings. The molecule has 1 aromatic heterocycles. The third kappa shape index (κ3) is 6.58. The van der Waals surface area contributed by atoms with Gasteiger partial charge in [0.05, 0.1) is 6.54 Å². The number of nitrogens with two attached hydrogens (primary N) is 1. The zero-order valence-corrected chi connectivity index (χ0v) is 13.6. The van der Waals surface area contributed by atoms with Crippen LogP contribution in [0.25, 0.3) is 0 Å². The molecular formula is C16H28N4O. The summed E-state index contributed by atoms with van der Waals surface area (Å²) in [7, 11) is 0. The molecule has 0 saturated carbocycles. The smallest absolute Gasteiger partial charge is 0.236 e. The summed E-state index contributed by atoms with van der Waals surface area (Å²) >= 11 is 0. The Bertz CT molecular complexity index is 446. The van der Waals surface area contributed by atoms with Gasteiger partial charge in [0.25, 0.3) is 0 Å². The molecule has 118 valence electrons. The second kappa shape index (κ2) is 8.62. The number of hydrogen-bond donors (Lipinski definition) is 2. The maximum Gasteiger partial charge on any atom is 0.236 e. The molecule has 1 heterocycles. The van der Waals surface area contributed by atoms with E-state index in [1.807, 2.05) is 17.0 Å². The lowest BCUT2D eigenvalue weighted by Gasteiger charge is -2.26.